The Labute approximate surface area is 165 Å². The molecule has 0 aliphatic heterocycles. The largest absolute Gasteiger partial charge is 0.493 e. The van der Waals surface area contributed by atoms with E-state index in [1.807, 2.05) is 44.2 Å². The first kappa shape index (κ1) is 21.0. The summed E-state index contributed by atoms with van der Waals surface area (Å²) in [6.07, 6.45) is 0.281. The number of anilines is 2. The maximum absolute atomic E-state index is 12.1. The maximum Gasteiger partial charge on any atom is 0.227 e. The number of ether oxygens (including phenoxy) is 2. The molecule has 0 saturated carbocycles. The third kappa shape index (κ3) is 6.46. The minimum Gasteiger partial charge on any atom is -0.493 e. The molecule has 8 heteroatoms. The number of aliphatic imine (C=N–C) groups is 1. The van der Waals surface area contributed by atoms with Crippen LogP contribution in [0.4, 0.5) is 11.5 Å². The molecule has 0 aliphatic rings. The Hall–Kier alpha value is -3.29. The van der Waals surface area contributed by atoms with Gasteiger partial charge in [-0.25, -0.2) is 4.98 Å². The number of amides is 1. The predicted octanol–water partition coefficient (Wildman–Crippen LogP) is 2.81. The van der Waals surface area contributed by atoms with Crippen LogP contribution in [0.2, 0.25) is 0 Å². The van der Waals surface area contributed by atoms with Crippen molar-refractivity contribution in [3.05, 3.63) is 42.1 Å². The number of hydrogen-bond acceptors (Lipinski definition) is 5. The second kappa shape index (κ2) is 10.8. The van der Waals surface area contributed by atoms with Gasteiger partial charge in [-0.1, -0.05) is 6.07 Å². The van der Waals surface area contributed by atoms with E-state index in [0.717, 1.165) is 11.4 Å². The minimum atomic E-state index is -0.121. The standard InChI is InChI=1S/C20H27N5O3/c1-5-28-17-13-15(9-10-16(17)27-4)24-20(21-3)22-12-11-19(26)25-18-8-6-7-14(2)23-18/h6-10,13H,5,11-12H2,1-4H3,(H2,21,22,24)(H,23,25,26). The molecule has 150 valence electrons. The molecule has 28 heavy (non-hydrogen) atoms. The monoisotopic (exact) mass is 385 g/mol. The highest BCUT2D eigenvalue weighted by atomic mass is 16.5. The summed E-state index contributed by atoms with van der Waals surface area (Å²) in [6, 6.07) is 11.0. The Kier molecular flexibility index (Phi) is 8.08. The van der Waals surface area contributed by atoms with E-state index in [0.29, 0.717) is 36.4 Å². The molecule has 0 spiro atoms. The van der Waals surface area contributed by atoms with Crippen LogP contribution in [0.3, 0.4) is 0 Å². The van der Waals surface area contributed by atoms with Crippen molar-refractivity contribution in [3.8, 4) is 11.5 Å². The fourth-order valence-electron chi connectivity index (χ4n) is 2.45. The molecule has 3 N–H and O–H groups in total. The van der Waals surface area contributed by atoms with Crippen LogP contribution in [0.1, 0.15) is 19.0 Å². The molecular weight excluding hydrogens is 358 g/mol. The van der Waals surface area contributed by atoms with Gasteiger partial charge in [0.25, 0.3) is 0 Å². The van der Waals surface area contributed by atoms with Crippen molar-refractivity contribution in [3.63, 3.8) is 0 Å². The van der Waals surface area contributed by atoms with Gasteiger partial charge in [0.15, 0.2) is 17.5 Å². The zero-order valence-electron chi connectivity index (χ0n) is 16.7. The summed E-state index contributed by atoms with van der Waals surface area (Å²) >= 11 is 0. The summed E-state index contributed by atoms with van der Waals surface area (Å²) in [5, 5.41) is 9.06. The smallest absolute Gasteiger partial charge is 0.227 e. The number of hydrogen-bond donors (Lipinski definition) is 3. The van der Waals surface area contributed by atoms with Gasteiger partial charge in [-0.15, -0.1) is 0 Å². The average Bonchev–Trinajstić information content (AvgIpc) is 2.67. The second-order valence-corrected chi connectivity index (χ2v) is 5.89. The van der Waals surface area contributed by atoms with E-state index in [1.54, 1.807) is 20.2 Å². The Balaban J connectivity index is 1.86. The van der Waals surface area contributed by atoms with E-state index >= 15 is 0 Å². The molecule has 1 heterocycles. The van der Waals surface area contributed by atoms with Crippen LogP contribution < -0.4 is 25.4 Å². The van der Waals surface area contributed by atoms with E-state index in [4.69, 9.17) is 9.47 Å². The number of carbonyl (C=O) groups is 1. The number of nitrogens with one attached hydrogen (secondary N) is 3. The highest BCUT2D eigenvalue weighted by Crippen LogP contribution is 2.30. The molecule has 1 aromatic carbocycles. The van der Waals surface area contributed by atoms with Crippen molar-refractivity contribution in [2.24, 2.45) is 4.99 Å². The molecule has 2 rings (SSSR count). The van der Waals surface area contributed by atoms with Gasteiger partial charge in [0, 0.05) is 37.5 Å². The summed E-state index contributed by atoms with van der Waals surface area (Å²) in [5.74, 6) is 2.29. The third-order valence-corrected chi connectivity index (χ3v) is 3.75. The van der Waals surface area contributed by atoms with Crippen molar-refractivity contribution in [2.75, 3.05) is 37.9 Å². The highest BCUT2D eigenvalue weighted by Gasteiger charge is 2.08. The predicted molar refractivity (Wildman–Crippen MR) is 111 cm³/mol. The number of aromatic nitrogens is 1. The maximum atomic E-state index is 12.1. The number of pyridine rings is 1. The SMILES string of the molecule is CCOc1cc(NC(=NC)NCCC(=O)Nc2cccc(C)n2)ccc1OC. The molecule has 1 aromatic heterocycles. The van der Waals surface area contributed by atoms with Crippen molar-refractivity contribution in [1.82, 2.24) is 10.3 Å². The lowest BCUT2D eigenvalue weighted by molar-refractivity contribution is -0.116. The Bertz CT molecular complexity index is 823. The van der Waals surface area contributed by atoms with Gasteiger partial charge in [0.1, 0.15) is 5.82 Å². The van der Waals surface area contributed by atoms with E-state index in [-0.39, 0.29) is 12.3 Å². The van der Waals surface area contributed by atoms with Gasteiger partial charge in [0.2, 0.25) is 5.91 Å². The molecule has 8 nitrogen and oxygen atoms in total. The molecule has 0 bridgehead atoms. The van der Waals surface area contributed by atoms with Gasteiger partial charge >= 0.3 is 0 Å². The summed E-state index contributed by atoms with van der Waals surface area (Å²) in [7, 11) is 3.27. The van der Waals surface area contributed by atoms with E-state index in [1.165, 1.54) is 0 Å². The molecule has 0 atom stereocenters. The molecular formula is C20H27N5O3. The zero-order valence-corrected chi connectivity index (χ0v) is 16.7. The molecule has 0 aliphatic carbocycles. The number of guanidine groups is 1. The lowest BCUT2D eigenvalue weighted by Gasteiger charge is -2.14. The highest BCUT2D eigenvalue weighted by molar-refractivity contribution is 5.94. The van der Waals surface area contributed by atoms with E-state index in [9.17, 15) is 4.79 Å². The summed E-state index contributed by atoms with van der Waals surface area (Å²) in [5.41, 5.74) is 1.65. The molecule has 0 fully saturated rings. The fourth-order valence-corrected chi connectivity index (χ4v) is 2.45. The van der Waals surface area contributed by atoms with Gasteiger partial charge < -0.3 is 25.4 Å². The molecule has 2 aromatic rings. The van der Waals surface area contributed by atoms with Crippen LogP contribution in [0, 0.1) is 6.92 Å². The number of carbonyl (C=O) groups excluding carboxylic acids is 1. The van der Waals surface area contributed by atoms with Crippen molar-refractivity contribution >= 4 is 23.4 Å². The van der Waals surface area contributed by atoms with Crippen LogP contribution in [0.25, 0.3) is 0 Å². The number of nitrogens with zero attached hydrogens (tertiary/aromatic N) is 2. The number of methoxy groups -OCH3 is 1. The topological polar surface area (TPSA) is 96.9 Å². The molecule has 1 amide bonds. The van der Waals surface area contributed by atoms with Crippen LogP contribution >= 0.6 is 0 Å². The number of benzene rings is 1. The first-order chi connectivity index (χ1) is 13.5. The number of aryl methyl sites for hydroxylation is 1. The van der Waals surface area contributed by atoms with Gasteiger partial charge in [-0.05, 0) is 38.1 Å². The fraction of sp³-hybridized carbons (Fsp3) is 0.350. The van der Waals surface area contributed by atoms with Crippen molar-refractivity contribution in [2.45, 2.75) is 20.3 Å². The van der Waals surface area contributed by atoms with Gasteiger partial charge in [0.05, 0.1) is 13.7 Å². The van der Waals surface area contributed by atoms with Crippen LogP contribution in [0.5, 0.6) is 11.5 Å². The first-order valence-electron chi connectivity index (χ1n) is 9.07. The second-order valence-electron chi connectivity index (χ2n) is 5.89. The lowest BCUT2D eigenvalue weighted by Crippen LogP contribution is -2.33. The number of rotatable bonds is 8. The summed E-state index contributed by atoms with van der Waals surface area (Å²) in [6.45, 7) is 4.75. The van der Waals surface area contributed by atoms with Crippen LogP contribution in [0.15, 0.2) is 41.4 Å². The summed E-state index contributed by atoms with van der Waals surface area (Å²) in [4.78, 5) is 20.5. The normalized spacial score (nSPS) is 10.9. The van der Waals surface area contributed by atoms with Crippen LogP contribution in [-0.2, 0) is 4.79 Å². The van der Waals surface area contributed by atoms with E-state index in [2.05, 4.69) is 25.9 Å². The average molecular weight is 385 g/mol. The zero-order chi connectivity index (χ0) is 20.4. The van der Waals surface area contributed by atoms with Gasteiger partial charge in [-0.3, -0.25) is 9.79 Å². The lowest BCUT2D eigenvalue weighted by atomic mass is 10.2. The summed E-state index contributed by atoms with van der Waals surface area (Å²) < 4.78 is 10.9. The molecule has 0 unspecified atom stereocenters. The Morgan fingerprint density at radius 3 is 2.68 bits per heavy atom. The Morgan fingerprint density at radius 1 is 1.18 bits per heavy atom. The van der Waals surface area contributed by atoms with Crippen molar-refractivity contribution < 1.29 is 14.3 Å². The molecule has 0 radical (unpaired) electrons. The quantitative estimate of drug-likeness (QED) is 0.478. The van der Waals surface area contributed by atoms with Gasteiger partial charge in [-0.2, -0.15) is 0 Å². The van der Waals surface area contributed by atoms with Crippen LogP contribution in [-0.4, -0.2) is 44.2 Å². The molecule has 0 saturated heterocycles. The minimum absolute atomic E-state index is 0.121. The Morgan fingerprint density at radius 2 is 2.00 bits per heavy atom. The van der Waals surface area contributed by atoms with E-state index < -0.39 is 0 Å². The van der Waals surface area contributed by atoms with Crippen molar-refractivity contribution in [1.29, 1.82) is 0 Å². The third-order valence-electron chi connectivity index (χ3n) is 3.75. The first-order valence-corrected chi connectivity index (χ1v) is 9.07.